The van der Waals surface area contributed by atoms with Gasteiger partial charge in [-0.15, -0.1) is 0 Å². The predicted molar refractivity (Wildman–Crippen MR) is 73.4 cm³/mol. The molecule has 0 aromatic rings. The molecule has 0 bridgehead atoms. The maximum absolute atomic E-state index is 11.9. The molecule has 3 N–H and O–H groups in total. The topological polar surface area (TPSA) is 64.3 Å². The summed E-state index contributed by atoms with van der Waals surface area (Å²) in [6.07, 6.45) is 5.07. The van der Waals surface area contributed by atoms with Crippen LogP contribution < -0.4 is 11.1 Å². The minimum absolute atomic E-state index is 0.256. The zero-order valence-electron chi connectivity index (χ0n) is 12.2. The molecule has 1 amide bonds. The molecule has 1 aliphatic carbocycles. The molecule has 0 spiro atoms. The zero-order chi connectivity index (χ0) is 13.8. The molecule has 1 fully saturated rings. The van der Waals surface area contributed by atoms with Crippen LogP contribution in [0.25, 0.3) is 0 Å². The first-order valence-corrected chi connectivity index (χ1v) is 7.01. The highest BCUT2D eigenvalue weighted by atomic mass is 16.6. The lowest BCUT2D eigenvalue weighted by atomic mass is 9.75. The number of amides is 1. The molecule has 0 aliphatic heterocycles. The van der Waals surface area contributed by atoms with Gasteiger partial charge in [-0.2, -0.15) is 0 Å². The number of nitrogens with one attached hydrogen (secondary N) is 1. The van der Waals surface area contributed by atoms with Crippen LogP contribution in [-0.4, -0.2) is 23.8 Å². The molecule has 0 atom stereocenters. The summed E-state index contributed by atoms with van der Waals surface area (Å²) in [6.45, 7) is 8.32. The molecule has 0 radical (unpaired) electrons. The van der Waals surface area contributed by atoms with Gasteiger partial charge in [-0.25, -0.2) is 4.79 Å². The van der Waals surface area contributed by atoms with E-state index in [1.165, 1.54) is 6.42 Å². The molecular weight excluding hydrogens is 228 g/mol. The van der Waals surface area contributed by atoms with Crippen LogP contribution in [0.1, 0.15) is 59.8 Å². The lowest BCUT2D eigenvalue weighted by Crippen LogP contribution is -2.56. The summed E-state index contributed by atoms with van der Waals surface area (Å²) in [4.78, 5) is 11.9. The fourth-order valence-corrected chi connectivity index (χ4v) is 2.54. The lowest BCUT2D eigenvalue weighted by molar-refractivity contribution is 0.0415. The third-order valence-corrected chi connectivity index (χ3v) is 3.80. The van der Waals surface area contributed by atoms with Gasteiger partial charge in [0, 0.05) is 6.54 Å². The van der Waals surface area contributed by atoms with Crippen LogP contribution in [0.2, 0.25) is 0 Å². The Balaban J connectivity index is 2.54. The van der Waals surface area contributed by atoms with Gasteiger partial charge in [0.2, 0.25) is 0 Å². The standard InChI is InChI=1S/C14H28N2O2/c1-5-11-6-8-14(10-15,9-7-11)16-12(17)18-13(2,3)4/h11H,5-10,15H2,1-4H3,(H,16,17). The first-order valence-electron chi connectivity index (χ1n) is 7.01. The van der Waals surface area contributed by atoms with Crippen LogP contribution in [0.15, 0.2) is 0 Å². The smallest absolute Gasteiger partial charge is 0.408 e. The average Bonchev–Trinajstić information content (AvgIpc) is 2.27. The molecule has 1 rings (SSSR count). The number of ether oxygens (including phenoxy) is 1. The van der Waals surface area contributed by atoms with Crippen molar-refractivity contribution in [2.75, 3.05) is 6.54 Å². The van der Waals surface area contributed by atoms with Crippen LogP contribution >= 0.6 is 0 Å². The lowest BCUT2D eigenvalue weighted by Gasteiger charge is -2.40. The van der Waals surface area contributed by atoms with Crippen molar-refractivity contribution in [3.63, 3.8) is 0 Å². The van der Waals surface area contributed by atoms with Crippen molar-refractivity contribution in [1.82, 2.24) is 5.32 Å². The van der Waals surface area contributed by atoms with Gasteiger partial charge in [0.05, 0.1) is 5.54 Å². The maximum atomic E-state index is 11.9. The third-order valence-electron chi connectivity index (χ3n) is 3.80. The summed E-state index contributed by atoms with van der Waals surface area (Å²) in [5, 5.41) is 3.00. The van der Waals surface area contributed by atoms with E-state index in [0.717, 1.165) is 31.6 Å². The van der Waals surface area contributed by atoms with Crippen molar-refractivity contribution in [3.05, 3.63) is 0 Å². The second kappa shape index (κ2) is 5.91. The number of carbonyl (C=O) groups excluding carboxylic acids is 1. The summed E-state index contributed by atoms with van der Waals surface area (Å²) in [5.74, 6) is 0.783. The molecule has 106 valence electrons. The second-order valence-corrected chi connectivity index (χ2v) is 6.46. The minimum atomic E-state index is -0.458. The number of carbonyl (C=O) groups is 1. The molecule has 18 heavy (non-hydrogen) atoms. The van der Waals surface area contributed by atoms with Crippen molar-refractivity contribution < 1.29 is 9.53 Å². The molecule has 4 nitrogen and oxygen atoms in total. The van der Waals surface area contributed by atoms with E-state index in [1.807, 2.05) is 20.8 Å². The van der Waals surface area contributed by atoms with Crippen LogP contribution in [0, 0.1) is 5.92 Å². The summed E-state index contributed by atoms with van der Waals surface area (Å²) >= 11 is 0. The van der Waals surface area contributed by atoms with E-state index in [2.05, 4.69) is 12.2 Å². The van der Waals surface area contributed by atoms with Crippen molar-refractivity contribution >= 4 is 6.09 Å². The van der Waals surface area contributed by atoms with Gasteiger partial charge >= 0.3 is 6.09 Å². The highest BCUT2D eigenvalue weighted by molar-refractivity contribution is 5.68. The summed E-state index contributed by atoms with van der Waals surface area (Å²) in [6, 6.07) is 0. The Morgan fingerprint density at radius 2 is 1.94 bits per heavy atom. The van der Waals surface area contributed by atoms with E-state index in [9.17, 15) is 4.79 Å². The molecule has 1 aliphatic rings. The molecule has 1 saturated carbocycles. The predicted octanol–water partition coefficient (Wildman–Crippen LogP) is 2.81. The third kappa shape index (κ3) is 4.48. The molecule has 0 unspecified atom stereocenters. The van der Waals surface area contributed by atoms with Gasteiger partial charge < -0.3 is 15.8 Å². The zero-order valence-corrected chi connectivity index (χ0v) is 12.2. The van der Waals surface area contributed by atoms with E-state index in [-0.39, 0.29) is 11.6 Å². The normalized spacial score (nSPS) is 28.8. The van der Waals surface area contributed by atoms with Gasteiger partial charge in [-0.05, 0) is 52.4 Å². The van der Waals surface area contributed by atoms with Gasteiger partial charge in [-0.1, -0.05) is 13.3 Å². The van der Waals surface area contributed by atoms with Gasteiger partial charge in [0.25, 0.3) is 0 Å². The Kier molecular flexibility index (Phi) is 5.02. The SMILES string of the molecule is CCC1CCC(CN)(NC(=O)OC(C)(C)C)CC1. The van der Waals surface area contributed by atoms with Crippen LogP contribution in [-0.2, 0) is 4.74 Å². The molecule has 0 saturated heterocycles. The quantitative estimate of drug-likeness (QED) is 0.816. The van der Waals surface area contributed by atoms with Crippen molar-refractivity contribution in [3.8, 4) is 0 Å². The minimum Gasteiger partial charge on any atom is -0.444 e. The van der Waals surface area contributed by atoms with Gasteiger partial charge in [0.15, 0.2) is 0 Å². The number of alkyl carbamates (subject to hydrolysis) is 1. The van der Waals surface area contributed by atoms with E-state index in [4.69, 9.17) is 10.5 Å². The van der Waals surface area contributed by atoms with Crippen molar-refractivity contribution in [2.24, 2.45) is 11.7 Å². The van der Waals surface area contributed by atoms with E-state index >= 15 is 0 Å². The Bertz CT molecular complexity index is 276. The summed E-state index contributed by atoms with van der Waals surface area (Å²) in [7, 11) is 0. The van der Waals surface area contributed by atoms with Crippen molar-refractivity contribution in [2.45, 2.75) is 70.9 Å². The molecule has 0 aromatic carbocycles. The largest absolute Gasteiger partial charge is 0.444 e. The first-order chi connectivity index (χ1) is 8.30. The summed E-state index contributed by atoms with van der Waals surface area (Å²) < 4.78 is 5.31. The highest BCUT2D eigenvalue weighted by Crippen LogP contribution is 2.33. The molecule has 0 aromatic heterocycles. The van der Waals surface area contributed by atoms with Crippen LogP contribution in [0.3, 0.4) is 0 Å². The monoisotopic (exact) mass is 256 g/mol. The van der Waals surface area contributed by atoms with Crippen LogP contribution in [0.5, 0.6) is 0 Å². The average molecular weight is 256 g/mol. The Hall–Kier alpha value is -0.770. The molecule has 4 heteroatoms. The maximum Gasteiger partial charge on any atom is 0.408 e. The molecular formula is C14H28N2O2. The number of nitrogens with two attached hydrogens (primary N) is 1. The van der Waals surface area contributed by atoms with E-state index < -0.39 is 5.60 Å². The summed E-state index contributed by atoms with van der Waals surface area (Å²) in [5.41, 5.74) is 5.15. The first kappa shape index (κ1) is 15.3. The van der Waals surface area contributed by atoms with E-state index in [0.29, 0.717) is 6.54 Å². The second-order valence-electron chi connectivity index (χ2n) is 6.46. The Labute approximate surface area is 111 Å². The molecule has 0 heterocycles. The fraction of sp³-hybridized carbons (Fsp3) is 0.929. The van der Waals surface area contributed by atoms with Crippen LogP contribution in [0.4, 0.5) is 4.79 Å². The highest BCUT2D eigenvalue weighted by Gasteiger charge is 2.36. The Morgan fingerprint density at radius 3 is 2.33 bits per heavy atom. The van der Waals surface area contributed by atoms with Gasteiger partial charge in [-0.3, -0.25) is 0 Å². The Morgan fingerprint density at radius 1 is 1.39 bits per heavy atom. The number of rotatable bonds is 3. The van der Waals surface area contributed by atoms with Gasteiger partial charge in [0.1, 0.15) is 5.60 Å². The van der Waals surface area contributed by atoms with E-state index in [1.54, 1.807) is 0 Å². The van der Waals surface area contributed by atoms with Crippen molar-refractivity contribution in [1.29, 1.82) is 0 Å². The number of hydrogen-bond acceptors (Lipinski definition) is 3. The number of hydrogen-bond donors (Lipinski definition) is 2. The fourth-order valence-electron chi connectivity index (χ4n) is 2.54.